The average Bonchev–Trinajstić information content (AvgIpc) is 3.14. The van der Waals surface area contributed by atoms with Crippen LogP contribution in [0.5, 0.6) is 0 Å². The summed E-state index contributed by atoms with van der Waals surface area (Å²) in [7, 11) is 1.57. The van der Waals surface area contributed by atoms with Crippen LogP contribution in [0.3, 0.4) is 0 Å². The minimum absolute atomic E-state index is 0.139. The van der Waals surface area contributed by atoms with Crippen molar-refractivity contribution in [3.8, 4) is 11.4 Å². The number of nitrogens with zero attached hydrogens (tertiary/aromatic N) is 5. The third-order valence-electron chi connectivity index (χ3n) is 4.51. The van der Waals surface area contributed by atoms with E-state index in [1.807, 2.05) is 0 Å². The van der Waals surface area contributed by atoms with Gasteiger partial charge >= 0.3 is 6.09 Å². The van der Waals surface area contributed by atoms with Gasteiger partial charge in [0.15, 0.2) is 11.5 Å². The number of halogens is 2. The van der Waals surface area contributed by atoms with Gasteiger partial charge in [0.25, 0.3) is 5.91 Å². The summed E-state index contributed by atoms with van der Waals surface area (Å²) in [6.07, 6.45) is 1.40. The predicted octanol–water partition coefficient (Wildman–Crippen LogP) is 3.59. The van der Waals surface area contributed by atoms with E-state index >= 15 is 0 Å². The fourth-order valence-corrected chi connectivity index (χ4v) is 3.03. The number of carbonyl (C=O) groups is 2. The molecule has 1 atom stereocenters. The van der Waals surface area contributed by atoms with Gasteiger partial charge in [0.2, 0.25) is 5.95 Å². The summed E-state index contributed by atoms with van der Waals surface area (Å²) in [5, 5.41) is 13.1. The molecule has 0 aliphatic carbocycles. The minimum atomic E-state index is -0.882. The van der Waals surface area contributed by atoms with Crippen LogP contribution in [0.4, 0.5) is 15.0 Å². The van der Waals surface area contributed by atoms with Crippen LogP contribution >= 0.6 is 11.6 Å². The van der Waals surface area contributed by atoms with Crippen LogP contribution in [-0.4, -0.2) is 42.8 Å². The average molecular weight is 474 g/mol. The van der Waals surface area contributed by atoms with Gasteiger partial charge in [-0.1, -0.05) is 11.8 Å². The zero-order valence-electron chi connectivity index (χ0n) is 17.9. The molecule has 0 saturated heterocycles. The predicted molar refractivity (Wildman–Crippen MR) is 119 cm³/mol. The largest absolute Gasteiger partial charge is 0.441 e. The van der Waals surface area contributed by atoms with Crippen molar-refractivity contribution < 1.29 is 18.7 Å². The molecule has 3 aromatic rings. The Labute approximate surface area is 193 Å². The number of anilines is 1. The fraction of sp³-hybridized carbons (Fsp3) is 0.238. The molecule has 0 fully saturated rings. The number of hydrogen-bond acceptors (Lipinski definition) is 7. The normalized spacial score (nSPS) is 11.5. The zero-order valence-corrected chi connectivity index (χ0v) is 18.6. The number of aromatic nitrogens is 5. The summed E-state index contributed by atoms with van der Waals surface area (Å²) < 4.78 is 20.4. The molecule has 0 aromatic carbocycles. The lowest BCUT2D eigenvalue weighted by molar-refractivity contribution is 0.0964. The van der Waals surface area contributed by atoms with Crippen LogP contribution in [0.15, 0.2) is 48.9 Å². The minimum Gasteiger partial charge on any atom is -0.441 e. The summed E-state index contributed by atoms with van der Waals surface area (Å²) in [5.41, 5.74) is 1.56. The second kappa shape index (κ2) is 10.6. The number of ether oxygens (including phenoxy) is 1. The van der Waals surface area contributed by atoms with Crippen molar-refractivity contribution in [2.24, 2.45) is 7.05 Å². The van der Waals surface area contributed by atoms with Crippen molar-refractivity contribution in [2.45, 2.75) is 19.4 Å². The van der Waals surface area contributed by atoms with Crippen molar-refractivity contribution in [1.82, 2.24) is 30.3 Å². The maximum atomic E-state index is 13.8. The second-order valence-corrected chi connectivity index (χ2v) is 7.27. The first-order chi connectivity index (χ1) is 15.8. The molecule has 12 heteroatoms. The Morgan fingerprint density at radius 3 is 2.76 bits per heavy atom. The smallest absolute Gasteiger partial charge is 0.413 e. The second-order valence-electron chi connectivity index (χ2n) is 6.90. The van der Waals surface area contributed by atoms with E-state index < -0.39 is 18.1 Å². The van der Waals surface area contributed by atoms with E-state index in [0.29, 0.717) is 29.3 Å². The molecule has 0 spiro atoms. The lowest BCUT2D eigenvalue weighted by Crippen LogP contribution is -2.22. The zero-order chi connectivity index (χ0) is 24.0. The molecular weight excluding hydrogens is 453 g/mol. The van der Waals surface area contributed by atoms with Crippen molar-refractivity contribution in [1.29, 1.82) is 0 Å². The van der Waals surface area contributed by atoms with Gasteiger partial charge in [0.1, 0.15) is 6.10 Å². The van der Waals surface area contributed by atoms with E-state index in [1.165, 1.54) is 30.1 Å². The Morgan fingerprint density at radius 1 is 1.30 bits per heavy atom. The number of alkyl halides is 1. The summed E-state index contributed by atoms with van der Waals surface area (Å²) in [6.45, 7) is 5.25. The number of allylic oxidation sites excluding steroid dienone is 1. The van der Waals surface area contributed by atoms with E-state index in [-0.39, 0.29) is 23.0 Å². The standard InChI is InChI=1S/C21H21ClFN7O3/c1-12(8-9-22)26-20(31)14-6-7-16(25-11-14)17-19(30(3)29-28-17)27-21(32)33-13(2)15-5-4-10-24-18(15)23/h4-7,10-11,13H,1,8-9H2,2-3H3,(H,26,31)(H,27,32)/t13-/m1/s1. The van der Waals surface area contributed by atoms with E-state index in [1.54, 1.807) is 25.2 Å². The van der Waals surface area contributed by atoms with Crippen molar-refractivity contribution >= 4 is 29.4 Å². The maximum absolute atomic E-state index is 13.8. The summed E-state index contributed by atoms with van der Waals surface area (Å²) in [4.78, 5) is 32.4. The number of hydrogen-bond donors (Lipinski definition) is 2. The SMILES string of the molecule is C=C(CCCl)NC(=O)c1ccc(-c2nnn(C)c2NC(=O)O[C@H](C)c2cccnc2F)nc1. The molecule has 0 unspecified atom stereocenters. The number of amides is 2. The number of aryl methyl sites for hydroxylation is 1. The highest BCUT2D eigenvalue weighted by atomic mass is 35.5. The third-order valence-corrected chi connectivity index (χ3v) is 4.70. The molecule has 0 bridgehead atoms. The van der Waals surface area contributed by atoms with Crippen LogP contribution < -0.4 is 10.6 Å². The van der Waals surface area contributed by atoms with Gasteiger partial charge in [-0.3, -0.25) is 15.1 Å². The van der Waals surface area contributed by atoms with Crippen LogP contribution in [0, 0.1) is 5.95 Å². The number of pyridine rings is 2. The van der Waals surface area contributed by atoms with E-state index in [2.05, 4.69) is 37.5 Å². The molecule has 0 radical (unpaired) electrons. The van der Waals surface area contributed by atoms with Crippen LogP contribution in [0.1, 0.15) is 35.4 Å². The van der Waals surface area contributed by atoms with Gasteiger partial charge in [-0.2, -0.15) is 4.39 Å². The topological polar surface area (TPSA) is 124 Å². The van der Waals surface area contributed by atoms with Gasteiger partial charge < -0.3 is 10.1 Å². The Bertz CT molecular complexity index is 1170. The molecule has 0 aliphatic rings. The van der Waals surface area contributed by atoms with Crippen LogP contribution in [0.25, 0.3) is 11.4 Å². The Hall–Kier alpha value is -3.86. The molecule has 0 saturated carbocycles. The molecule has 172 valence electrons. The quantitative estimate of drug-likeness (QED) is 0.378. The Kier molecular flexibility index (Phi) is 7.67. The summed E-state index contributed by atoms with van der Waals surface area (Å²) >= 11 is 5.64. The first-order valence-corrected chi connectivity index (χ1v) is 10.3. The van der Waals surface area contributed by atoms with Gasteiger partial charge in [-0.25, -0.2) is 14.5 Å². The van der Waals surface area contributed by atoms with Gasteiger partial charge in [0.05, 0.1) is 11.3 Å². The first kappa shape index (κ1) is 23.8. The van der Waals surface area contributed by atoms with E-state index in [9.17, 15) is 14.0 Å². The van der Waals surface area contributed by atoms with Crippen LogP contribution in [-0.2, 0) is 11.8 Å². The maximum Gasteiger partial charge on any atom is 0.413 e. The van der Waals surface area contributed by atoms with Crippen molar-refractivity contribution in [3.05, 3.63) is 66.0 Å². The highest BCUT2D eigenvalue weighted by molar-refractivity contribution is 6.18. The highest BCUT2D eigenvalue weighted by Gasteiger charge is 2.21. The van der Waals surface area contributed by atoms with Crippen molar-refractivity contribution in [3.63, 3.8) is 0 Å². The highest BCUT2D eigenvalue weighted by Crippen LogP contribution is 2.25. The number of rotatable bonds is 8. The third kappa shape index (κ3) is 5.89. The fourth-order valence-electron chi connectivity index (χ4n) is 2.80. The molecule has 0 aliphatic heterocycles. The van der Waals surface area contributed by atoms with Gasteiger partial charge in [-0.05, 0) is 31.2 Å². The molecule has 3 aromatic heterocycles. The molecule has 2 N–H and O–H groups in total. The lowest BCUT2D eigenvalue weighted by Gasteiger charge is -2.14. The van der Waals surface area contributed by atoms with Crippen molar-refractivity contribution in [2.75, 3.05) is 11.2 Å². The molecular formula is C21H21ClFN7O3. The molecule has 3 rings (SSSR count). The summed E-state index contributed by atoms with van der Waals surface area (Å²) in [6, 6.07) is 6.13. The molecule has 2 amide bonds. The molecule has 10 nitrogen and oxygen atoms in total. The number of carbonyl (C=O) groups excluding carboxylic acids is 2. The molecule has 3 heterocycles. The van der Waals surface area contributed by atoms with Gasteiger partial charge in [-0.15, -0.1) is 16.7 Å². The van der Waals surface area contributed by atoms with Gasteiger partial charge in [0, 0.05) is 43.0 Å². The molecule has 33 heavy (non-hydrogen) atoms. The first-order valence-electron chi connectivity index (χ1n) is 9.79. The lowest BCUT2D eigenvalue weighted by atomic mass is 10.2. The van der Waals surface area contributed by atoms with Crippen LogP contribution in [0.2, 0.25) is 0 Å². The number of nitrogens with one attached hydrogen (secondary N) is 2. The van der Waals surface area contributed by atoms with E-state index in [4.69, 9.17) is 16.3 Å². The Balaban J connectivity index is 1.71. The summed E-state index contributed by atoms with van der Waals surface area (Å²) in [5.74, 6) is -0.543. The monoisotopic (exact) mass is 473 g/mol. The van der Waals surface area contributed by atoms with E-state index in [0.717, 1.165) is 0 Å². The Morgan fingerprint density at radius 2 is 2.09 bits per heavy atom.